The molecule has 0 aliphatic rings. The third-order valence-electron chi connectivity index (χ3n) is 5.98. The molecular formula is C27H28N4O4S2. The minimum atomic E-state index is -3.32. The van der Waals surface area contributed by atoms with Gasteiger partial charge in [0.2, 0.25) is 0 Å². The molecule has 0 spiro atoms. The summed E-state index contributed by atoms with van der Waals surface area (Å²) in [6.07, 6.45) is 1.13. The first kappa shape index (κ1) is 26.3. The molecule has 1 N–H and O–H groups in total. The number of anilines is 1. The van der Waals surface area contributed by atoms with Gasteiger partial charge in [0.05, 0.1) is 28.3 Å². The van der Waals surface area contributed by atoms with Gasteiger partial charge in [0.15, 0.2) is 9.84 Å². The molecule has 2 aromatic heterocycles. The third-order valence-corrected chi connectivity index (χ3v) is 8.06. The Labute approximate surface area is 220 Å². The fourth-order valence-electron chi connectivity index (χ4n) is 4.15. The Balaban J connectivity index is 1.61. The monoisotopic (exact) mass is 536 g/mol. The number of benzene rings is 2. The van der Waals surface area contributed by atoms with Gasteiger partial charge in [-0.15, -0.1) is 11.3 Å². The van der Waals surface area contributed by atoms with Crippen LogP contribution in [0.25, 0.3) is 5.69 Å². The van der Waals surface area contributed by atoms with Crippen LogP contribution < -0.4 is 5.32 Å². The minimum Gasteiger partial charge on any atom is -0.335 e. The number of carbonyl (C=O) groups is 2. The van der Waals surface area contributed by atoms with E-state index in [0.29, 0.717) is 34.7 Å². The molecule has 4 rings (SSSR count). The van der Waals surface area contributed by atoms with Crippen LogP contribution in [0.1, 0.15) is 42.8 Å². The number of hydrogen-bond donors (Lipinski definition) is 1. The summed E-state index contributed by atoms with van der Waals surface area (Å²) in [6, 6.07) is 15.1. The highest BCUT2D eigenvalue weighted by Gasteiger charge is 2.22. The highest BCUT2D eigenvalue weighted by molar-refractivity contribution is 7.90. The summed E-state index contributed by atoms with van der Waals surface area (Å²) in [6.45, 7) is 6.04. The van der Waals surface area contributed by atoms with E-state index >= 15 is 0 Å². The van der Waals surface area contributed by atoms with Crippen molar-refractivity contribution in [1.29, 1.82) is 0 Å². The van der Waals surface area contributed by atoms with Crippen molar-refractivity contribution in [2.45, 2.75) is 32.2 Å². The van der Waals surface area contributed by atoms with E-state index in [1.165, 1.54) is 23.5 Å². The molecule has 0 aliphatic carbocycles. The topological polar surface area (TPSA) is 101 Å². The van der Waals surface area contributed by atoms with Gasteiger partial charge in [-0.3, -0.25) is 9.59 Å². The molecule has 8 nitrogen and oxygen atoms in total. The molecule has 2 amide bonds. The van der Waals surface area contributed by atoms with Crippen molar-refractivity contribution in [3.63, 3.8) is 0 Å². The van der Waals surface area contributed by atoms with Gasteiger partial charge >= 0.3 is 0 Å². The summed E-state index contributed by atoms with van der Waals surface area (Å²) >= 11 is 1.52. The van der Waals surface area contributed by atoms with E-state index in [9.17, 15) is 18.0 Å². The molecule has 0 saturated carbocycles. The Morgan fingerprint density at radius 3 is 2.32 bits per heavy atom. The maximum absolute atomic E-state index is 13.4. The largest absolute Gasteiger partial charge is 0.335 e. The first-order valence-electron chi connectivity index (χ1n) is 11.5. The van der Waals surface area contributed by atoms with Crippen molar-refractivity contribution in [1.82, 2.24) is 14.5 Å². The molecule has 0 unspecified atom stereocenters. The number of amides is 2. The summed E-state index contributed by atoms with van der Waals surface area (Å²) in [5.41, 5.74) is 4.55. The lowest BCUT2D eigenvalue weighted by molar-refractivity contribution is 0.0784. The number of hydrogen-bond acceptors (Lipinski definition) is 6. The third kappa shape index (κ3) is 5.65. The lowest BCUT2D eigenvalue weighted by Crippen LogP contribution is -2.27. The fraction of sp³-hybridized carbons (Fsp3) is 0.222. The summed E-state index contributed by atoms with van der Waals surface area (Å²) in [7, 11) is -1.57. The van der Waals surface area contributed by atoms with Crippen molar-refractivity contribution >= 4 is 38.7 Å². The van der Waals surface area contributed by atoms with Gasteiger partial charge in [0.1, 0.15) is 5.01 Å². The Morgan fingerprint density at radius 1 is 1.03 bits per heavy atom. The molecule has 0 bridgehead atoms. The standard InChI is InChI=1S/C27H28N4O4S2/c1-17-16-36-25(28-17)15-30(4)27(33)22-8-6-7-9-24(22)31-18(2)14-23(19(31)3)26(32)29-20-10-12-21(13-11-20)37(5,34)35/h6-14,16H,15H2,1-5H3,(H,29,32). The van der Waals surface area contributed by atoms with Gasteiger partial charge in [0, 0.05) is 41.5 Å². The van der Waals surface area contributed by atoms with E-state index in [0.717, 1.165) is 22.7 Å². The SMILES string of the molecule is Cc1csc(CN(C)C(=O)c2ccccc2-n2c(C)cc(C(=O)Nc3ccc(S(C)(=O)=O)cc3)c2C)n1. The summed E-state index contributed by atoms with van der Waals surface area (Å²) in [5.74, 6) is -0.473. The number of para-hydroxylation sites is 1. The summed E-state index contributed by atoms with van der Waals surface area (Å²) < 4.78 is 25.3. The predicted molar refractivity (Wildman–Crippen MR) is 145 cm³/mol. The predicted octanol–water partition coefficient (Wildman–Crippen LogP) is 4.79. The zero-order chi connectivity index (χ0) is 26.9. The highest BCUT2D eigenvalue weighted by Crippen LogP contribution is 2.26. The zero-order valence-corrected chi connectivity index (χ0v) is 22.9. The molecule has 192 valence electrons. The molecule has 0 aliphatic heterocycles. The van der Waals surface area contributed by atoms with Crippen LogP contribution in [-0.2, 0) is 16.4 Å². The van der Waals surface area contributed by atoms with Crippen molar-refractivity contribution in [2.24, 2.45) is 0 Å². The second-order valence-electron chi connectivity index (χ2n) is 8.93. The first-order valence-corrected chi connectivity index (χ1v) is 14.3. The number of rotatable bonds is 7. The van der Waals surface area contributed by atoms with Crippen LogP contribution >= 0.6 is 11.3 Å². The van der Waals surface area contributed by atoms with Crippen molar-refractivity contribution in [3.8, 4) is 5.69 Å². The molecule has 37 heavy (non-hydrogen) atoms. The lowest BCUT2D eigenvalue weighted by atomic mass is 10.1. The van der Waals surface area contributed by atoms with E-state index in [4.69, 9.17) is 0 Å². The number of nitrogens with zero attached hydrogens (tertiary/aromatic N) is 3. The van der Waals surface area contributed by atoms with E-state index in [1.54, 1.807) is 36.2 Å². The molecule has 4 aromatic rings. The van der Waals surface area contributed by atoms with E-state index < -0.39 is 9.84 Å². The zero-order valence-electron chi connectivity index (χ0n) is 21.3. The number of aryl methyl sites for hydroxylation is 2. The summed E-state index contributed by atoms with van der Waals surface area (Å²) in [4.78, 5) is 32.8. The van der Waals surface area contributed by atoms with Crippen LogP contribution in [-0.4, -0.2) is 48.0 Å². The van der Waals surface area contributed by atoms with Crippen molar-refractivity contribution in [3.05, 3.63) is 93.2 Å². The quantitative estimate of drug-likeness (QED) is 0.366. The van der Waals surface area contributed by atoms with Crippen LogP contribution in [0.5, 0.6) is 0 Å². The van der Waals surface area contributed by atoms with Crippen LogP contribution in [0.3, 0.4) is 0 Å². The highest BCUT2D eigenvalue weighted by atomic mass is 32.2. The molecule has 0 saturated heterocycles. The average Bonchev–Trinajstić information content (AvgIpc) is 3.39. The average molecular weight is 537 g/mol. The first-order chi connectivity index (χ1) is 17.5. The molecule has 0 fully saturated rings. The van der Waals surface area contributed by atoms with Gasteiger partial charge in [0.25, 0.3) is 11.8 Å². The fourth-order valence-corrected chi connectivity index (χ4v) is 5.61. The van der Waals surface area contributed by atoms with E-state index in [-0.39, 0.29) is 16.7 Å². The van der Waals surface area contributed by atoms with Crippen LogP contribution in [0.15, 0.2) is 64.9 Å². The number of sulfone groups is 1. The van der Waals surface area contributed by atoms with Crippen LogP contribution in [0.4, 0.5) is 5.69 Å². The second-order valence-corrected chi connectivity index (χ2v) is 11.9. The number of nitrogens with one attached hydrogen (secondary N) is 1. The summed E-state index contributed by atoms with van der Waals surface area (Å²) in [5, 5.41) is 5.65. The molecule has 0 radical (unpaired) electrons. The van der Waals surface area contributed by atoms with Gasteiger partial charge < -0.3 is 14.8 Å². The maximum atomic E-state index is 13.4. The van der Waals surface area contributed by atoms with E-state index in [1.807, 2.05) is 48.9 Å². The van der Waals surface area contributed by atoms with Crippen LogP contribution in [0, 0.1) is 20.8 Å². The smallest absolute Gasteiger partial charge is 0.257 e. The molecular weight excluding hydrogens is 508 g/mol. The van der Waals surface area contributed by atoms with Crippen molar-refractivity contribution < 1.29 is 18.0 Å². The molecule has 2 heterocycles. The van der Waals surface area contributed by atoms with Gasteiger partial charge in [-0.25, -0.2) is 13.4 Å². The Morgan fingerprint density at radius 2 is 1.70 bits per heavy atom. The van der Waals surface area contributed by atoms with Gasteiger partial charge in [-0.1, -0.05) is 12.1 Å². The second kappa shape index (κ2) is 10.3. The van der Waals surface area contributed by atoms with E-state index in [2.05, 4.69) is 10.3 Å². The number of aromatic nitrogens is 2. The minimum absolute atomic E-state index is 0.145. The molecule has 10 heteroatoms. The van der Waals surface area contributed by atoms with Gasteiger partial charge in [-0.2, -0.15) is 0 Å². The lowest BCUT2D eigenvalue weighted by Gasteiger charge is -2.20. The maximum Gasteiger partial charge on any atom is 0.257 e. The van der Waals surface area contributed by atoms with Crippen molar-refractivity contribution in [2.75, 3.05) is 18.6 Å². The Hall–Kier alpha value is -3.76. The van der Waals surface area contributed by atoms with Crippen LogP contribution in [0.2, 0.25) is 0 Å². The number of thiazole rings is 1. The molecule has 0 atom stereocenters. The Bertz CT molecular complexity index is 1580. The van der Waals surface area contributed by atoms with Gasteiger partial charge in [-0.05, 0) is 63.2 Å². The molecule has 2 aromatic carbocycles. The Kier molecular flexibility index (Phi) is 7.33. The normalized spacial score (nSPS) is 11.4. The number of carbonyl (C=O) groups excluding carboxylic acids is 2.